The number of carbonyl (C=O) groups is 2. The number of nitrogens with one attached hydrogen (secondary N) is 1. The first-order valence-corrected chi connectivity index (χ1v) is 7.76. The Labute approximate surface area is 134 Å². The smallest absolute Gasteiger partial charge is 0.333 e. The maximum Gasteiger partial charge on any atom is 0.333 e. The van der Waals surface area contributed by atoms with Crippen molar-refractivity contribution in [3.63, 3.8) is 0 Å². The van der Waals surface area contributed by atoms with E-state index in [0.717, 1.165) is 16.0 Å². The lowest BCUT2D eigenvalue weighted by Crippen LogP contribution is -2.34. The molecule has 1 N–H and O–H groups in total. The molecule has 0 unspecified atom stereocenters. The van der Waals surface area contributed by atoms with Crippen LogP contribution in [0.5, 0.6) is 0 Å². The van der Waals surface area contributed by atoms with Crippen LogP contribution in [0.25, 0.3) is 0 Å². The second-order valence-electron chi connectivity index (χ2n) is 5.19. The molecule has 1 aromatic carbocycles. The molecule has 0 radical (unpaired) electrons. The highest BCUT2D eigenvalue weighted by atomic mass is 32.1. The molecule has 2 aromatic rings. The number of thiophene rings is 1. The second kappa shape index (κ2) is 6.75. The molecule has 1 aromatic heterocycles. The highest BCUT2D eigenvalue weighted by Gasteiger charge is 2.24. The number of rotatable bonds is 4. The van der Waals surface area contributed by atoms with Crippen LogP contribution in [-0.4, -0.2) is 19.0 Å². The van der Waals surface area contributed by atoms with Crippen molar-refractivity contribution in [2.45, 2.75) is 26.8 Å². The molecule has 5 heteroatoms. The van der Waals surface area contributed by atoms with Gasteiger partial charge in [-0.1, -0.05) is 29.8 Å². The molecule has 0 fully saturated rings. The van der Waals surface area contributed by atoms with Gasteiger partial charge in [0, 0.05) is 4.88 Å². The van der Waals surface area contributed by atoms with Crippen molar-refractivity contribution in [3.05, 3.63) is 56.8 Å². The summed E-state index contributed by atoms with van der Waals surface area (Å²) in [6, 6.07) is 8.47. The van der Waals surface area contributed by atoms with Crippen LogP contribution in [0, 0.1) is 20.8 Å². The average molecular weight is 317 g/mol. The SMILES string of the molecule is COC(=O)[C@H](NC(=O)c1cc(C)c(C)s1)c1ccc(C)cc1. The predicted molar refractivity (Wildman–Crippen MR) is 87.2 cm³/mol. The van der Waals surface area contributed by atoms with E-state index in [9.17, 15) is 9.59 Å². The van der Waals surface area contributed by atoms with Crippen molar-refractivity contribution < 1.29 is 14.3 Å². The lowest BCUT2D eigenvalue weighted by Gasteiger charge is -2.16. The number of hydrogen-bond donors (Lipinski definition) is 1. The topological polar surface area (TPSA) is 55.4 Å². The van der Waals surface area contributed by atoms with Gasteiger partial charge in [0.2, 0.25) is 0 Å². The number of amides is 1. The minimum Gasteiger partial charge on any atom is -0.467 e. The summed E-state index contributed by atoms with van der Waals surface area (Å²) in [6.07, 6.45) is 0. The second-order valence-corrected chi connectivity index (χ2v) is 6.45. The Kier molecular flexibility index (Phi) is 4.98. The first kappa shape index (κ1) is 16.2. The van der Waals surface area contributed by atoms with Crippen LogP contribution >= 0.6 is 11.3 Å². The highest BCUT2D eigenvalue weighted by molar-refractivity contribution is 7.14. The van der Waals surface area contributed by atoms with Crippen LogP contribution in [0.1, 0.15) is 37.3 Å². The quantitative estimate of drug-likeness (QED) is 0.880. The molecule has 0 saturated carbocycles. The molecule has 22 heavy (non-hydrogen) atoms. The molecule has 0 aliphatic rings. The first-order valence-electron chi connectivity index (χ1n) is 6.94. The lowest BCUT2D eigenvalue weighted by molar-refractivity contribution is -0.143. The van der Waals surface area contributed by atoms with Gasteiger partial charge in [-0.05, 0) is 38.0 Å². The van der Waals surface area contributed by atoms with Gasteiger partial charge in [-0.2, -0.15) is 0 Å². The van der Waals surface area contributed by atoms with Gasteiger partial charge in [-0.3, -0.25) is 4.79 Å². The van der Waals surface area contributed by atoms with Gasteiger partial charge >= 0.3 is 5.97 Å². The van der Waals surface area contributed by atoms with Crippen LogP contribution in [0.15, 0.2) is 30.3 Å². The molecule has 0 aliphatic carbocycles. The molecule has 0 bridgehead atoms. The number of carbonyl (C=O) groups excluding carboxylic acids is 2. The molecule has 0 spiro atoms. The summed E-state index contributed by atoms with van der Waals surface area (Å²) in [5.74, 6) is -0.751. The standard InChI is InChI=1S/C17H19NO3S/c1-10-5-7-13(8-6-10)15(17(20)21-4)18-16(19)14-9-11(2)12(3)22-14/h5-9,15H,1-4H3,(H,18,19)/t15-/m1/s1. The average Bonchev–Trinajstić information content (AvgIpc) is 2.84. The van der Waals surface area contributed by atoms with Crippen LogP contribution in [0.2, 0.25) is 0 Å². The summed E-state index contributed by atoms with van der Waals surface area (Å²) in [5, 5.41) is 2.76. The third-order valence-corrected chi connectivity index (χ3v) is 4.66. The number of methoxy groups -OCH3 is 1. The van der Waals surface area contributed by atoms with Crippen LogP contribution in [0.3, 0.4) is 0 Å². The summed E-state index contributed by atoms with van der Waals surface area (Å²) < 4.78 is 4.81. The molecule has 1 atom stereocenters. The van der Waals surface area contributed by atoms with Crippen molar-refractivity contribution in [3.8, 4) is 0 Å². The third kappa shape index (κ3) is 3.54. The Hall–Kier alpha value is -2.14. The maximum atomic E-state index is 12.4. The van der Waals surface area contributed by atoms with Gasteiger partial charge in [0.05, 0.1) is 12.0 Å². The Bertz CT molecular complexity index is 669. The van der Waals surface area contributed by atoms with E-state index in [-0.39, 0.29) is 5.91 Å². The van der Waals surface area contributed by atoms with Crippen molar-refractivity contribution in [1.29, 1.82) is 0 Å². The van der Waals surface area contributed by atoms with E-state index >= 15 is 0 Å². The Balaban J connectivity index is 2.25. The Morgan fingerprint density at radius 3 is 2.27 bits per heavy atom. The van der Waals surface area contributed by atoms with E-state index in [1.54, 1.807) is 0 Å². The molecule has 0 saturated heterocycles. The van der Waals surface area contributed by atoms with Crippen molar-refractivity contribution in [1.82, 2.24) is 5.32 Å². The van der Waals surface area contributed by atoms with Crippen molar-refractivity contribution >= 4 is 23.2 Å². The lowest BCUT2D eigenvalue weighted by atomic mass is 10.1. The monoisotopic (exact) mass is 317 g/mol. The van der Waals surface area contributed by atoms with E-state index in [1.807, 2.05) is 51.1 Å². The zero-order chi connectivity index (χ0) is 16.3. The van der Waals surface area contributed by atoms with Crippen LogP contribution < -0.4 is 5.32 Å². The maximum absolute atomic E-state index is 12.4. The molecule has 116 valence electrons. The van der Waals surface area contributed by atoms with Gasteiger partial charge < -0.3 is 10.1 Å². The zero-order valence-corrected chi connectivity index (χ0v) is 13.9. The number of hydrogen-bond acceptors (Lipinski definition) is 4. The van der Waals surface area contributed by atoms with Crippen LogP contribution in [0.4, 0.5) is 0 Å². The highest BCUT2D eigenvalue weighted by Crippen LogP contribution is 2.22. The minimum absolute atomic E-state index is 0.267. The number of benzene rings is 1. The summed E-state index contributed by atoms with van der Waals surface area (Å²) in [6.45, 7) is 5.89. The number of ether oxygens (including phenoxy) is 1. The molecule has 1 amide bonds. The Morgan fingerprint density at radius 2 is 1.77 bits per heavy atom. The van der Waals surface area contributed by atoms with Gasteiger partial charge in [0.15, 0.2) is 6.04 Å². The summed E-state index contributed by atoms with van der Waals surface area (Å²) in [5.41, 5.74) is 2.86. The zero-order valence-electron chi connectivity index (χ0n) is 13.1. The van der Waals surface area contributed by atoms with Gasteiger partial charge in [0.25, 0.3) is 5.91 Å². The largest absolute Gasteiger partial charge is 0.467 e. The van der Waals surface area contributed by atoms with E-state index in [4.69, 9.17) is 4.74 Å². The Morgan fingerprint density at radius 1 is 1.14 bits per heavy atom. The van der Waals surface area contributed by atoms with Gasteiger partial charge in [0.1, 0.15) is 0 Å². The predicted octanol–water partition coefficient (Wildman–Crippen LogP) is 3.32. The van der Waals surface area contributed by atoms with Gasteiger partial charge in [-0.25, -0.2) is 4.79 Å². The van der Waals surface area contributed by atoms with Gasteiger partial charge in [-0.15, -0.1) is 11.3 Å². The van der Waals surface area contributed by atoms with Crippen molar-refractivity contribution in [2.24, 2.45) is 0 Å². The molecular formula is C17H19NO3S. The molecule has 2 rings (SSSR count). The normalized spacial score (nSPS) is 11.8. The first-order chi connectivity index (χ1) is 10.4. The number of esters is 1. The molecule has 4 nitrogen and oxygen atoms in total. The van der Waals surface area contributed by atoms with E-state index < -0.39 is 12.0 Å². The van der Waals surface area contributed by atoms with E-state index in [0.29, 0.717) is 10.4 Å². The summed E-state index contributed by atoms with van der Waals surface area (Å²) in [7, 11) is 1.31. The summed E-state index contributed by atoms with van der Waals surface area (Å²) >= 11 is 1.42. The fraction of sp³-hybridized carbons (Fsp3) is 0.294. The van der Waals surface area contributed by atoms with Crippen LogP contribution in [-0.2, 0) is 9.53 Å². The third-order valence-electron chi connectivity index (χ3n) is 3.51. The molecular weight excluding hydrogens is 298 g/mol. The summed E-state index contributed by atoms with van der Waals surface area (Å²) in [4.78, 5) is 26.1. The minimum atomic E-state index is -0.805. The van der Waals surface area contributed by atoms with E-state index in [1.165, 1.54) is 18.4 Å². The fourth-order valence-corrected chi connectivity index (χ4v) is 2.98. The molecule has 1 heterocycles. The number of aryl methyl sites for hydroxylation is 3. The van der Waals surface area contributed by atoms with Crippen molar-refractivity contribution in [2.75, 3.05) is 7.11 Å². The van der Waals surface area contributed by atoms with E-state index in [2.05, 4.69) is 5.32 Å². The fourth-order valence-electron chi connectivity index (χ4n) is 2.04. The molecule has 0 aliphatic heterocycles.